The highest BCUT2D eigenvalue weighted by Gasteiger charge is 2.40. The van der Waals surface area contributed by atoms with Crippen molar-refractivity contribution in [1.82, 2.24) is 0 Å². The van der Waals surface area contributed by atoms with Crippen LogP contribution in [0.4, 0.5) is 0 Å². The average Bonchev–Trinajstić information content (AvgIpc) is 2.63. The van der Waals surface area contributed by atoms with Crippen molar-refractivity contribution < 1.29 is 5.11 Å². The topological polar surface area (TPSA) is 32.6 Å². The summed E-state index contributed by atoms with van der Waals surface area (Å²) in [6.07, 6.45) is 0.917. The molecule has 10 heavy (non-hydrogen) atoms. The minimum Gasteiger partial charge on any atom is -0.393 e. The Labute approximate surface area is 62.0 Å². The molecule has 3 atom stereocenters. The largest absolute Gasteiger partial charge is 0.393 e. The second-order valence-corrected chi connectivity index (χ2v) is 3.12. The van der Waals surface area contributed by atoms with Crippen LogP contribution in [0.15, 0.2) is 4.99 Å². The summed E-state index contributed by atoms with van der Waals surface area (Å²) in [7, 11) is 1.81. The highest BCUT2D eigenvalue weighted by Crippen LogP contribution is 2.37. The normalized spacial score (nSPS) is 35.8. The first kappa shape index (κ1) is 7.73. The zero-order valence-corrected chi connectivity index (χ0v) is 6.83. The van der Waals surface area contributed by atoms with E-state index in [2.05, 4.69) is 11.9 Å². The van der Waals surface area contributed by atoms with Crippen LogP contribution in [0.1, 0.15) is 20.3 Å². The standard InChI is InChI=1S/C8H15NO/c1-5(6(2)9-3)7-4-8(7)10/h5,7-8,10H,4H2,1-3H3/t5?,7-,8?/m0/s1. The maximum atomic E-state index is 9.09. The fourth-order valence-corrected chi connectivity index (χ4v) is 1.25. The van der Waals surface area contributed by atoms with E-state index in [0.29, 0.717) is 11.8 Å². The number of nitrogens with zero attached hydrogens (tertiary/aromatic N) is 1. The van der Waals surface area contributed by atoms with Crippen molar-refractivity contribution in [2.75, 3.05) is 7.05 Å². The third-order valence-electron chi connectivity index (χ3n) is 2.46. The summed E-state index contributed by atoms with van der Waals surface area (Å²) in [5.41, 5.74) is 1.15. The zero-order valence-electron chi connectivity index (χ0n) is 6.83. The minimum absolute atomic E-state index is 0.0494. The molecule has 2 heteroatoms. The van der Waals surface area contributed by atoms with E-state index in [0.717, 1.165) is 12.1 Å². The number of hydrogen-bond donors (Lipinski definition) is 1. The lowest BCUT2D eigenvalue weighted by atomic mass is 10.0. The molecule has 0 aromatic carbocycles. The highest BCUT2D eigenvalue weighted by molar-refractivity contribution is 5.84. The summed E-state index contributed by atoms with van der Waals surface area (Å²) < 4.78 is 0. The van der Waals surface area contributed by atoms with Crippen LogP contribution in [0.5, 0.6) is 0 Å². The van der Waals surface area contributed by atoms with Gasteiger partial charge in [0.25, 0.3) is 0 Å². The average molecular weight is 141 g/mol. The molecule has 2 nitrogen and oxygen atoms in total. The van der Waals surface area contributed by atoms with E-state index in [9.17, 15) is 0 Å². The molecule has 58 valence electrons. The second kappa shape index (κ2) is 2.70. The van der Waals surface area contributed by atoms with E-state index in [1.165, 1.54) is 0 Å². The van der Waals surface area contributed by atoms with Gasteiger partial charge in [0.2, 0.25) is 0 Å². The van der Waals surface area contributed by atoms with E-state index in [1.54, 1.807) is 7.05 Å². The van der Waals surface area contributed by atoms with Crippen LogP contribution < -0.4 is 0 Å². The highest BCUT2D eigenvalue weighted by atomic mass is 16.3. The first-order valence-corrected chi connectivity index (χ1v) is 3.78. The van der Waals surface area contributed by atoms with Gasteiger partial charge in [-0.25, -0.2) is 0 Å². The maximum absolute atomic E-state index is 9.09. The van der Waals surface area contributed by atoms with Crippen molar-refractivity contribution in [3.63, 3.8) is 0 Å². The summed E-state index contributed by atoms with van der Waals surface area (Å²) in [4.78, 5) is 4.09. The molecule has 0 radical (unpaired) electrons. The summed E-state index contributed by atoms with van der Waals surface area (Å²) in [6, 6.07) is 0. The molecule has 0 aliphatic heterocycles. The second-order valence-electron chi connectivity index (χ2n) is 3.12. The quantitative estimate of drug-likeness (QED) is 0.574. The predicted octanol–water partition coefficient (Wildman–Crippen LogP) is 1.09. The Balaban J connectivity index is 2.42. The van der Waals surface area contributed by atoms with Crippen LogP contribution in [0.25, 0.3) is 0 Å². The SMILES string of the molecule is CN=C(C)C(C)[C@@H]1CC1O. The van der Waals surface area contributed by atoms with E-state index in [4.69, 9.17) is 5.11 Å². The Morgan fingerprint density at radius 3 is 2.50 bits per heavy atom. The smallest absolute Gasteiger partial charge is 0.0579 e. The van der Waals surface area contributed by atoms with Gasteiger partial charge < -0.3 is 5.11 Å². The molecule has 0 bridgehead atoms. The van der Waals surface area contributed by atoms with E-state index < -0.39 is 0 Å². The van der Waals surface area contributed by atoms with Gasteiger partial charge in [-0.1, -0.05) is 6.92 Å². The minimum atomic E-state index is -0.0494. The predicted molar refractivity (Wildman–Crippen MR) is 42.3 cm³/mol. The Morgan fingerprint density at radius 2 is 2.20 bits per heavy atom. The molecule has 0 aromatic heterocycles. The maximum Gasteiger partial charge on any atom is 0.0579 e. The number of rotatable bonds is 2. The van der Waals surface area contributed by atoms with Gasteiger partial charge in [-0.3, -0.25) is 4.99 Å². The molecule has 0 saturated heterocycles. The van der Waals surface area contributed by atoms with Gasteiger partial charge in [-0.15, -0.1) is 0 Å². The van der Waals surface area contributed by atoms with Crippen LogP contribution in [-0.2, 0) is 0 Å². The van der Waals surface area contributed by atoms with Crippen molar-refractivity contribution in [3.05, 3.63) is 0 Å². The molecule has 2 unspecified atom stereocenters. The van der Waals surface area contributed by atoms with Gasteiger partial charge in [-0.05, 0) is 25.2 Å². The molecule has 0 heterocycles. The number of aliphatic hydroxyl groups is 1. The Bertz CT molecular complexity index is 153. The van der Waals surface area contributed by atoms with Gasteiger partial charge >= 0.3 is 0 Å². The lowest BCUT2D eigenvalue weighted by Crippen LogP contribution is -2.11. The van der Waals surface area contributed by atoms with Crippen molar-refractivity contribution >= 4 is 5.71 Å². The van der Waals surface area contributed by atoms with Crippen LogP contribution in [0.3, 0.4) is 0 Å². The van der Waals surface area contributed by atoms with Gasteiger partial charge in [0.05, 0.1) is 6.10 Å². The monoisotopic (exact) mass is 141 g/mol. The first-order chi connectivity index (χ1) is 4.66. The lowest BCUT2D eigenvalue weighted by molar-refractivity contribution is 0.252. The van der Waals surface area contributed by atoms with Gasteiger partial charge in [0.15, 0.2) is 0 Å². The fourth-order valence-electron chi connectivity index (χ4n) is 1.25. The lowest BCUT2D eigenvalue weighted by Gasteiger charge is -2.07. The molecule has 1 fully saturated rings. The summed E-state index contributed by atoms with van der Waals surface area (Å²) in [5.74, 6) is 0.962. The van der Waals surface area contributed by atoms with Crippen LogP contribution in [0.2, 0.25) is 0 Å². The van der Waals surface area contributed by atoms with Crippen molar-refractivity contribution in [3.8, 4) is 0 Å². The van der Waals surface area contributed by atoms with Gasteiger partial charge in [0.1, 0.15) is 0 Å². The number of hydrogen-bond acceptors (Lipinski definition) is 2. The summed E-state index contributed by atoms with van der Waals surface area (Å²) in [6.45, 7) is 4.15. The van der Waals surface area contributed by atoms with Crippen LogP contribution >= 0.6 is 0 Å². The molecule has 0 spiro atoms. The Kier molecular flexibility index (Phi) is 2.09. The molecular formula is C8H15NO. The molecule has 1 saturated carbocycles. The Hall–Kier alpha value is -0.370. The van der Waals surface area contributed by atoms with Gasteiger partial charge in [0, 0.05) is 12.8 Å². The Morgan fingerprint density at radius 1 is 1.70 bits per heavy atom. The molecule has 1 rings (SSSR count). The summed E-state index contributed by atoms with van der Waals surface area (Å²) in [5, 5.41) is 9.09. The third kappa shape index (κ3) is 1.37. The fraction of sp³-hybridized carbons (Fsp3) is 0.875. The van der Waals surface area contributed by atoms with E-state index >= 15 is 0 Å². The molecule has 0 aromatic rings. The van der Waals surface area contributed by atoms with E-state index in [1.807, 2.05) is 6.92 Å². The molecule has 1 aliphatic carbocycles. The van der Waals surface area contributed by atoms with Crippen LogP contribution in [0, 0.1) is 11.8 Å². The van der Waals surface area contributed by atoms with Crippen molar-refractivity contribution in [2.24, 2.45) is 16.8 Å². The molecule has 1 N–H and O–H groups in total. The van der Waals surface area contributed by atoms with Gasteiger partial charge in [-0.2, -0.15) is 0 Å². The summed E-state index contributed by atoms with van der Waals surface area (Å²) >= 11 is 0. The molecule has 1 aliphatic rings. The zero-order chi connectivity index (χ0) is 7.72. The number of aliphatic imine (C=N–C) groups is 1. The molecular weight excluding hydrogens is 126 g/mol. The first-order valence-electron chi connectivity index (χ1n) is 3.78. The van der Waals surface area contributed by atoms with Crippen molar-refractivity contribution in [1.29, 1.82) is 0 Å². The van der Waals surface area contributed by atoms with Crippen molar-refractivity contribution in [2.45, 2.75) is 26.4 Å². The molecule has 0 amide bonds. The number of aliphatic hydroxyl groups excluding tert-OH is 1. The van der Waals surface area contributed by atoms with E-state index in [-0.39, 0.29) is 6.10 Å². The van der Waals surface area contributed by atoms with Crippen LogP contribution in [-0.4, -0.2) is 24.0 Å². The third-order valence-corrected chi connectivity index (χ3v) is 2.46.